The van der Waals surface area contributed by atoms with Crippen molar-refractivity contribution in [2.75, 3.05) is 38.2 Å². The van der Waals surface area contributed by atoms with Crippen LogP contribution in [0.5, 0.6) is 0 Å². The molecule has 2 heterocycles. The maximum Gasteiger partial charge on any atom is 0.243 e. The summed E-state index contributed by atoms with van der Waals surface area (Å²) in [6.07, 6.45) is 0.708. The van der Waals surface area contributed by atoms with Crippen molar-refractivity contribution >= 4 is 15.8 Å². The van der Waals surface area contributed by atoms with E-state index in [4.69, 9.17) is 4.74 Å². The lowest BCUT2D eigenvalue weighted by Gasteiger charge is -2.26. The van der Waals surface area contributed by atoms with Crippen LogP contribution in [0.4, 0.5) is 10.2 Å². The number of nitrogens with one attached hydrogen (secondary N) is 1. The monoisotopic (exact) mass is 442 g/mol. The molecule has 31 heavy (non-hydrogen) atoms. The molecule has 162 valence electrons. The van der Waals surface area contributed by atoms with E-state index in [9.17, 15) is 12.8 Å². The van der Waals surface area contributed by atoms with Gasteiger partial charge in [-0.25, -0.2) is 12.8 Å². The minimum atomic E-state index is -3.47. The number of hydrogen-bond acceptors (Lipinski definition) is 6. The van der Waals surface area contributed by atoms with Crippen LogP contribution >= 0.6 is 0 Å². The van der Waals surface area contributed by atoms with Gasteiger partial charge in [-0.15, -0.1) is 10.2 Å². The highest BCUT2D eigenvalue weighted by atomic mass is 32.2. The fraction of sp³-hybridized carbons (Fsp3) is 0.273. The van der Waals surface area contributed by atoms with Crippen molar-refractivity contribution in [2.45, 2.75) is 11.3 Å². The van der Waals surface area contributed by atoms with Crippen LogP contribution in [0.25, 0.3) is 11.3 Å². The Bertz CT molecular complexity index is 1100. The summed E-state index contributed by atoms with van der Waals surface area (Å²) in [5, 5.41) is 11.5. The molecule has 1 saturated heterocycles. The van der Waals surface area contributed by atoms with Gasteiger partial charge in [-0.3, -0.25) is 0 Å². The van der Waals surface area contributed by atoms with Gasteiger partial charge in [0.1, 0.15) is 11.6 Å². The normalized spacial score (nSPS) is 15.0. The van der Waals surface area contributed by atoms with E-state index in [1.54, 1.807) is 24.3 Å². The molecule has 0 spiro atoms. The van der Waals surface area contributed by atoms with E-state index in [1.807, 2.05) is 24.3 Å². The molecule has 1 N–H and O–H groups in total. The van der Waals surface area contributed by atoms with Crippen molar-refractivity contribution in [3.05, 3.63) is 72.0 Å². The molecule has 0 unspecified atom stereocenters. The first kappa shape index (κ1) is 21.4. The zero-order valence-corrected chi connectivity index (χ0v) is 17.7. The molecule has 0 atom stereocenters. The number of aromatic nitrogens is 2. The van der Waals surface area contributed by atoms with E-state index in [0.29, 0.717) is 55.7 Å². The summed E-state index contributed by atoms with van der Waals surface area (Å²) in [5.41, 5.74) is 2.49. The highest BCUT2D eigenvalue weighted by molar-refractivity contribution is 7.89. The maximum absolute atomic E-state index is 13.0. The first-order valence-corrected chi connectivity index (χ1v) is 11.5. The van der Waals surface area contributed by atoms with E-state index in [0.717, 1.165) is 11.1 Å². The molecule has 3 aromatic rings. The van der Waals surface area contributed by atoms with Crippen molar-refractivity contribution in [1.82, 2.24) is 14.5 Å². The van der Waals surface area contributed by atoms with Gasteiger partial charge < -0.3 is 10.1 Å². The Kier molecular flexibility index (Phi) is 6.55. The van der Waals surface area contributed by atoms with Crippen molar-refractivity contribution in [3.63, 3.8) is 0 Å². The van der Waals surface area contributed by atoms with Crippen LogP contribution in [0, 0.1) is 5.82 Å². The van der Waals surface area contributed by atoms with Crippen LogP contribution in [-0.4, -0.2) is 55.8 Å². The zero-order chi connectivity index (χ0) is 21.7. The summed E-state index contributed by atoms with van der Waals surface area (Å²) in [7, 11) is -3.47. The summed E-state index contributed by atoms with van der Waals surface area (Å²) >= 11 is 0. The first-order valence-electron chi connectivity index (χ1n) is 10.0. The minimum Gasteiger partial charge on any atom is -0.379 e. The first-order chi connectivity index (χ1) is 15.0. The van der Waals surface area contributed by atoms with E-state index in [2.05, 4.69) is 15.5 Å². The van der Waals surface area contributed by atoms with E-state index in [1.165, 1.54) is 16.4 Å². The molecular weight excluding hydrogens is 419 g/mol. The molecule has 1 aliphatic heterocycles. The second kappa shape index (κ2) is 9.51. The third-order valence-corrected chi connectivity index (χ3v) is 6.97. The summed E-state index contributed by atoms with van der Waals surface area (Å²) in [5.74, 6) is 0.346. The Balaban J connectivity index is 1.31. The standard InChI is InChI=1S/C22H23FN4O3S/c23-19-5-3-18(4-6-19)21-9-10-22(26-25-21)24-12-11-17-1-7-20(8-2-17)31(28,29)27-13-15-30-16-14-27/h1-10H,11-16H2,(H,24,26). The molecule has 1 aromatic heterocycles. The predicted molar refractivity (Wildman–Crippen MR) is 116 cm³/mol. The van der Waals surface area contributed by atoms with Gasteiger partial charge in [0.05, 0.1) is 23.8 Å². The number of ether oxygens (including phenoxy) is 1. The number of morpholine rings is 1. The Morgan fingerprint density at radius 2 is 1.65 bits per heavy atom. The summed E-state index contributed by atoms with van der Waals surface area (Å²) in [6, 6.07) is 16.7. The Morgan fingerprint density at radius 3 is 2.29 bits per heavy atom. The van der Waals surface area contributed by atoms with Crippen LogP contribution in [0.3, 0.4) is 0 Å². The highest BCUT2D eigenvalue weighted by Gasteiger charge is 2.25. The lowest BCUT2D eigenvalue weighted by Crippen LogP contribution is -2.40. The topological polar surface area (TPSA) is 84.4 Å². The Morgan fingerprint density at radius 1 is 0.935 bits per heavy atom. The van der Waals surface area contributed by atoms with E-state index >= 15 is 0 Å². The number of halogens is 1. The number of hydrogen-bond donors (Lipinski definition) is 1. The molecule has 2 aromatic carbocycles. The van der Waals surface area contributed by atoms with Gasteiger partial charge in [0.25, 0.3) is 0 Å². The number of rotatable bonds is 7. The molecular formula is C22H23FN4O3S. The summed E-state index contributed by atoms with van der Waals surface area (Å²) in [4.78, 5) is 0.299. The fourth-order valence-corrected chi connectivity index (χ4v) is 4.71. The van der Waals surface area contributed by atoms with Gasteiger partial charge >= 0.3 is 0 Å². The number of anilines is 1. The summed E-state index contributed by atoms with van der Waals surface area (Å²) < 4.78 is 45.1. The average molecular weight is 443 g/mol. The molecule has 9 heteroatoms. The van der Waals surface area contributed by atoms with Crippen LogP contribution < -0.4 is 5.32 Å². The number of benzene rings is 2. The van der Waals surface area contributed by atoms with Crippen molar-refractivity contribution < 1.29 is 17.5 Å². The zero-order valence-electron chi connectivity index (χ0n) is 16.9. The number of nitrogens with zero attached hydrogens (tertiary/aromatic N) is 3. The molecule has 0 saturated carbocycles. The molecule has 0 radical (unpaired) electrons. The third kappa shape index (κ3) is 5.25. The van der Waals surface area contributed by atoms with Crippen molar-refractivity contribution in [2.24, 2.45) is 0 Å². The molecule has 0 bridgehead atoms. The van der Waals surface area contributed by atoms with Gasteiger partial charge in [0.2, 0.25) is 10.0 Å². The van der Waals surface area contributed by atoms with Gasteiger partial charge in [0, 0.05) is 25.2 Å². The van der Waals surface area contributed by atoms with Crippen LogP contribution in [0.1, 0.15) is 5.56 Å². The second-order valence-corrected chi connectivity index (χ2v) is 9.09. The molecule has 4 rings (SSSR count). The average Bonchev–Trinajstić information content (AvgIpc) is 2.81. The number of sulfonamides is 1. The van der Waals surface area contributed by atoms with Crippen LogP contribution in [-0.2, 0) is 21.2 Å². The van der Waals surface area contributed by atoms with Crippen LogP contribution in [0.15, 0.2) is 65.6 Å². The fourth-order valence-electron chi connectivity index (χ4n) is 3.30. The SMILES string of the molecule is O=S(=O)(c1ccc(CCNc2ccc(-c3ccc(F)cc3)nn2)cc1)N1CCOCC1. The Labute approximate surface area is 180 Å². The predicted octanol–water partition coefficient (Wildman–Crippen LogP) is 2.96. The van der Waals surface area contributed by atoms with Gasteiger partial charge in [0.15, 0.2) is 0 Å². The van der Waals surface area contributed by atoms with Gasteiger partial charge in [-0.1, -0.05) is 12.1 Å². The quantitative estimate of drug-likeness (QED) is 0.606. The molecule has 0 aliphatic carbocycles. The highest BCUT2D eigenvalue weighted by Crippen LogP contribution is 2.19. The molecule has 1 fully saturated rings. The van der Waals surface area contributed by atoms with Crippen LogP contribution in [0.2, 0.25) is 0 Å². The van der Waals surface area contributed by atoms with Crippen molar-refractivity contribution in [3.8, 4) is 11.3 Å². The third-order valence-electron chi connectivity index (χ3n) is 5.06. The Hall–Kier alpha value is -2.88. The lowest BCUT2D eigenvalue weighted by atomic mass is 10.1. The van der Waals surface area contributed by atoms with E-state index < -0.39 is 10.0 Å². The lowest BCUT2D eigenvalue weighted by molar-refractivity contribution is 0.0730. The maximum atomic E-state index is 13.0. The molecule has 7 nitrogen and oxygen atoms in total. The van der Waals surface area contributed by atoms with Gasteiger partial charge in [-0.2, -0.15) is 4.31 Å². The molecule has 0 amide bonds. The molecule has 1 aliphatic rings. The van der Waals surface area contributed by atoms with Gasteiger partial charge in [-0.05, 0) is 60.5 Å². The minimum absolute atomic E-state index is 0.290. The summed E-state index contributed by atoms with van der Waals surface area (Å²) in [6.45, 7) is 2.25. The smallest absolute Gasteiger partial charge is 0.243 e. The largest absolute Gasteiger partial charge is 0.379 e. The van der Waals surface area contributed by atoms with Crippen molar-refractivity contribution in [1.29, 1.82) is 0 Å². The second-order valence-electron chi connectivity index (χ2n) is 7.15. The van der Waals surface area contributed by atoms with E-state index in [-0.39, 0.29) is 5.82 Å².